The van der Waals surface area contributed by atoms with Gasteiger partial charge in [-0.3, -0.25) is 4.79 Å². The third-order valence-electron chi connectivity index (χ3n) is 7.54. The summed E-state index contributed by atoms with van der Waals surface area (Å²) >= 11 is 11.9. The summed E-state index contributed by atoms with van der Waals surface area (Å²) in [6.07, 6.45) is 2.54. The van der Waals surface area contributed by atoms with E-state index in [4.69, 9.17) is 21.1 Å². The van der Waals surface area contributed by atoms with Crippen LogP contribution < -0.4 is 10.6 Å². The Hall–Kier alpha value is -0.960. The van der Waals surface area contributed by atoms with Crippen LogP contribution in [0.2, 0.25) is 5.02 Å². The molecule has 1 aromatic heterocycles. The largest absolute Gasteiger partial charge is 0.355 e. The molecule has 1 aromatic carbocycles. The zero-order valence-electron chi connectivity index (χ0n) is 22.7. The van der Waals surface area contributed by atoms with Crippen LogP contribution in [-0.4, -0.2) is 43.0 Å². The summed E-state index contributed by atoms with van der Waals surface area (Å²) in [5, 5.41) is 9.84. The van der Waals surface area contributed by atoms with E-state index in [9.17, 15) is 4.79 Å². The van der Waals surface area contributed by atoms with Gasteiger partial charge in [0.05, 0.1) is 18.8 Å². The molecule has 8 heteroatoms. The number of halogens is 2. The number of rotatable bonds is 8. The van der Waals surface area contributed by atoms with Gasteiger partial charge >= 0.3 is 0 Å². The molecule has 2 aromatic rings. The Morgan fingerprint density at radius 2 is 2.03 bits per heavy atom. The Bertz CT molecular complexity index is 1100. The molecule has 0 saturated carbocycles. The normalized spacial score (nSPS) is 29.5. The maximum Gasteiger partial charge on any atom is 0.237 e. The van der Waals surface area contributed by atoms with Gasteiger partial charge in [0.25, 0.3) is 0 Å². The van der Waals surface area contributed by atoms with Crippen molar-refractivity contribution in [1.29, 1.82) is 0 Å². The molecule has 37 heavy (non-hydrogen) atoms. The smallest absolute Gasteiger partial charge is 0.237 e. The van der Waals surface area contributed by atoms with Gasteiger partial charge in [-0.15, -0.1) is 11.3 Å². The first-order chi connectivity index (χ1) is 17.3. The Morgan fingerprint density at radius 1 is 1.27 bits per heavy atom. The van der Waals surface area contributed by atoms with Crippen molar-refractivity contribution in [3.05, 3.63) is 55.6 Å². The highest BCUT2D eigenvalue weighted by atomic mass is 79.9. The van der Waals surface area contributed by atoms with Gasteiger partial charge in [0.1, 0.15) is 0 Å². The van der Waals surface area contributed by atoms with E-state index < -0.39 is 5.79 Å². The molecule has 5 atom stereocenters. The lowest BCUT2D eigenvalue weighted by atomic mass is 9.65. The number of carbonyl (C=O) groups excluding carboxylic acids is 1. The molecular formula is C29H40BrClN2O3S. The lowest BCUT2D eigenvalue weighted by Gasteiger charge is -2.39. The van der Waals surface area contributed by atoms with E-state index in [2.05, 4.69) is 71.8 Å². The summed E-state index contributed by atoms with van der Waals surface area (Å²) in [5.74, 6) is -0.569. The predicted molar refractivity (Wildman–Crippen MR) is 155 cm³/mol. The molecule has 2 fully saturated rings. The molecule has 5 nitrogen and oxygen atoms in total. The summed E-state index contributed by atoms with van der Waals surface area (Å²) in [6, 6.07) is 10.0. The fraction of sp³-hybridized carbons (Fsp3) is 0.621. The van der Waals surface area contributed by atoms with E-state index in [1.807, 2.05) is 32.0 Å². The second kappa shape index (κ2) is 11.3. The third kappa shape index (κ3) is 7.17. The minimum atomic E-state index is -0.557. The van der Waals surface area contributed by atoms with Crippen molar-refractivity contribution in [2.24, 2.45) is 10.8 Å². The first kappa shape index (κ1) is 29.0. The standard InChI is InChI=1S/C29H40BrClN2O3S/c1-27(2,3)15-23-29(6,14-22-13-19(30)17-37-22)24(18-8-7-9-20(31)12-18)25(33-23)26(34)32-11-10-21-16-35-28(4,5)36-21/h7-9,12-13,17,21,23-25,33H,10-11,14-16H2,1-6H3,(H,32,34). The fourth-order valence-electron chi connectivity index (χ4n) is 5.93. The number of nitrogens with one attached hydrogen (secondary N) is 2. The van der Waals surface area contributed by atoms with Gasteiger partial charge in [0.15, 0.2) is 5.79 Å². The maximum atomic E-state index is 13.8. The molecule has 2 N–H and O–H groups in total. The third-order valence-corrected chi connectivity index (χ3v) is 9.47. The molecule has 0 radical (unpaired) electrons. The van der Waals surface area contributed by atoms with Crippen LogP contribution in [0.5, 0.6) is 0 Å². The Balaban J connectivity index is 1.62. The second-order valence-corrected chi connectivity index (χ2v) is 14.8. The van der Waals surface area contributed by atoms with Crippen LogP contribution in [0.1, 0.15) is 70.7 Å². The molecule has 0 aliphatic carbocycles. The van der Waals surface area contributed by atoms with E-state index in [0.29, 0.717) is 18.2 Å². The van der Waals surface area contributed by atoms with Gasteiger partial charge < -0.3 is 20.1 Å². The molecule has 2 saturated heterocycles. The van der Waals surface area contributed by atoms with Crippen LogP contribution in [-0.2, 0) is 20.7 Å². The first-order valence-electron chi connectivity index (χ1n) is 13.1. The lowest BCUT2D eigenvalue weighted by Crippen LogP contribution is -2.46. The average molecular weight is 612 g/mol. The van der Waals surface area contributed by atoms with Crippen molar-refractivity contribution in [3.63, 3.8) is 0 Å². The van der Waals surface area contributed by atoms with Gasteiger partial charge in [0.2, 0.25) is 5.91 Å². The van der Waals surface area contributed by atoms with E-state index in [1.54, 1.807) is 11.3 Å². The zero-order chi connectivity index (χ0) is 27.0. The second-order valence-electron chi connectivity index (χ2n) is 12.4. The van der Waals surface area contributed by atoms with E-state index >= 15 is 0 Å². The number of hydrogen-bond acceptors (Lipinski definition) is 5. The molecule has 3 heterocycles. The van der Waals surface area contributed by atoms with Crippen molar-refractivity contribution in [3.8, 4) is 0 Å². The summed E-state index contributed by atoms with van der Waals surface area (Å²) in [4.78, 5) is 15.1. The SMILES string of the molecule is CC(C)(C)CC1NC(C(=O)NCCC2COC(C)(C)O2)C(c2cccc(Cl)c2)C1(C)Cc1cc(Br)cs1. The summed E-state index contributed by atoms with van der Waals surface area (Å²) < 4.78 is 12.7. The van der Waals surface area contributed by atoms with Crippen LogP contribution in [0.3, 0.4) is 0 Å². The van der Waals surface area contributed by atoms with E-state index in [1.165, 1.54) is 4.88 Å². The van der Waals surface area contributed by atoms with Crippen LogP contribution in [0.25, 0.3) is 0 Å². The van der Waals surface area contributed by atoms with Crippen LogP contribution in [0.4, 0.5) is 0 Å². The van der Waals surface area contributed by atoms with Gasteiger partial charge in [-0.25, -0.2) is 0 Å². The van der Waals surface area contributed by atoms with Crippen LogP contribution in [0.15, 0.2) is 40.2 Å². The molecule has 5 unspecified atom stereocenters. The highest BCUT2D eigenvalue weighted by Crippen LogP contribution is 2.52. The highest BCUT2D eigenvalue weighted by molar-refractivity contribution is 9.10. The molecule has 1 amide bonds. The lowest BCUT2D eigenvalue weighted by molar-refractivity contribution is -0.138. The highest BCUT2D eigenvalue weighted by Gasteiger charge is 2.55. The molecular weight excluding hydrogens is 572 g/mol. The first-order valence-corrected chi connectivity index (χ1v) is 15.1. The molecule has 2 aliphatic rings. The molecule has 204 valence electrons. The van der Waals surface area contributed by atoms with Crippen LogP contribution >= 0.6 is 38.9 Å². The minimum absolute atomic E-state index is 0.00764. The average Bonchev–Trinajstić information content (AvgIpc) is 3.42. The van der Waals surface area contributed by atoms with Gasteiger partial charge in [-0.1, -0.05) is 51.4 Å². The maximum absolute atomic E-state index is 13.8. The molecule has 2 aliphatic heterocycles. The van der Waals surface area contributed by atoms with Crippen molar-refractivity contribution in [2.75, 3.05) is 13.2 Å². The molecule has 0 spiro atoms. The fourth-order valence-corrected chi connectivity index (χ4v) is 7.76. The number of thiophene rings is 1. The summed E-state index contributed by atoms with van der Waals surface area (Å²) in [6.45, 7) is 14.1. The minimum Gasteiger partial charge on any atom is -0.355 e. The van der Waals surface area contributed by atoms with Crippen molar-refractivity contribution in [1.82, 2.24) is 10.6 Å². The summed E-state index contributed by atoms with van der Waals surface area (Å²) in [5.41, 5.74) is 1.01. The van der Waals surface area contributed by atoms with Crippen molar-refractivity contribution < 1.29 is 14.3 Å². The van der Waals surface area contributed by atoms with E-state index in [0.717, 1.165) is 29.3 Å². The Morgan fingerprint density at radius 3 is 2.62 bits per heavy atom. The number of benzene rings is 1. The Labute approximate surface area is 239 Å². The van der Waals surface area contributed by atoms with Gasteiger partial charge in [-0.2, -0.15) is 0 Å². The molecule has 0 bridgehead atoms. The number of carbonyl (C=O) groups is 1. The number of ether oxygens (including phenoxy) is 2. The number of hydrogen-bond donors (Lipinski definition) is 2. The zero-order valence-corrected chi connectivity index (χ0v) is 25.9. The topological polar surface area (TPSA) is 59.6 Å². The van der Waals surface area contributed by atoms with Crippen LogP contribution in [0, 0.1) is 10.8 Å². The monoisotopic (exact) mass is 610 g/mol. The number of amides is 1. The van der Waals surface area contributed by atoms with Gasteiger partial charge in [0, 0.05) is 38.3 Å². The Kier molecular flexibility index (Phi) is 8.84. The van der Waals surface area contributed by atoms with Gasteiger partial charge in [-0.05, 0) is 83.6 Å². The molecule has 4 rings (SSSR count). The van der Waals surface area contributed by atoms with Crippen molar-refractivity contribution >= 4 is 44.8 Å². The van der Waals surface area contributed by atoms with Crippen molar-refractivity contribution in [2.45, 2.75) is 90.7 Å². The van der Waals surface area contributed by atoms with E-state index in [-0.39, 0.29) is 40.8 Å². The quantitative estimate of drug-likeness (QED) is 0.340. The predicted octanol–water partition coefficient (Wildman–Crippen LogP) is 6.93. The summed E-state index contributed by atoms with van der Waals surface area (Å²) in [7, 11) is 0.